The average molecular weight is 315 g/mol. The Morgan fingerprint density at radius 3 is 2.24 bits per heavy atom. The zero-order chi connectivity index (χ0) is 16.0. The predicted octanol–water partition coefficient (Wildman–Crippen LogP) is 0.855. The molecule has 0 spiro atoms. The lowest BCUT2D eigenvalue weighted by Gasteiger charge is -2.32. The molecule has 1 atom stereocenters. The van der Waals surface area contributed by atoms with Crippen LogP contribution in [0, 0.1) is 5.82 Å². The largest absolute Gasteiger partial charge is 0.768 e. The lowest BCUT2D eigenvalue weighted by Crippen LogP contribution is -2.41. The highest BCUT2D eigenvalue weighted by atomic mass is 32.2. The highest BCUT2D eigenvalue weighted by Crippen LogP contribution is 2.36. The van der Waals surface area contributed by atoms with Crippen LogP contribution in [-0.4, -0.2) is 32.2 Å². The quantitative estimate of drug-likeness (QED) is 0.661. The van der Waals surface area contributed by atoms with E-state index in [1.54, 1.807) is 0 Å². The third-order valence-electron chi connectivity index (χ3n) is 4.04. The summed E-state index contributed by atoms with van der Waals surface area (Å²) in [6.07, 6.45) is 0. The second kappa shape index (κ2) is 5.44. The van der Waals surface area contributed by atoms with Crippen LogP contribution in [-0.2, 0) is 27.0 Å². The highest BCUT2D eigenvalue weighted by molar-refractivity contribution is 7.79. The fraction of sp³-hybridized carbons (Fsp3) is 0.538. The molecule has 1 unspecified atom stereocenters. The number of hydrogen-bond acceptors (Lipinski definition) is 5. The third-order valence-corrected chi connectivity index (χ3v) is 4.76. The fourth-order valence-electron chi connectivity index (χ4n) is 2.05. The van der Waals surface area contributed by atoms with Crippen molar-refractivity contribution in [2.24, 2.45) is 0 Å². The second-order valence-electron chi connectivity index (χ2n) is 5.96. The molecule has 1 fully saturated rings. The Morgan fingerprint density at radius 2 is 1.81 bits per heavy atom. The number of benzene rings is 1. The van der Waals surface area contributed by atoms with Gasteiger partial charge in [0.15, 0.2) is 0 Å². The predicted molar refractivity (Wildman–Crippen MR) is 75.2 cm³/mol. The standard InChI is InChI=1S/C13H18BFO5S/c1-12(2)13(3,4)20-14(19-12)8-5-10(15)9(7-16)11(6-8)21(17)18/h5-6,16H,7H2,1-4H3,(H,17,18)/p-1. The van der Waals surface area contributed by atoms with Crippen LogP contribution in [0.4, 0.5) is 4.39 Å². The van der Waals surface area contributed by atoms with E-state index in [2.05, 4.69) is 0 Å². The van der Waals surface area contributed by atoms with Crippen molar-refractivity contribution in [1.29, 1.82) is 0 Å². The van der Waals surface area contributed by atoms with Crippen molar-refractivity contribution >= 4 is 23.7 Å². The molecule has 0 radical (unpaired) electrons. The lowest BCUT2D eigenvalue weighted by molar-refractivity contribution is 0.00578. The molecular weight excluding hydrogens is 298 g/mol. The van der Waals surface area contributed by atoms with Crippen molar-refractivity contribution < 1.29 is 27.6 Å². The molecule has 1 aromatic rings. The van der Waals surface area contributed by atoms with Gasteiger partial charge in [-0.1, -0.05) is 0 Å². The molecule has 0 aliphatic carbocycles. The van der Waals surface area contributed by atoms with E-state index >= 15 is 0 Å². The molecule has 0 bridgehead atoms. The van der Waals surface area contributed by atoms with Crippen LogP contribution < -0.4 is 5.46 Å². The number of rotatable bonds is 3. The summed E-state index contributed by atoms with van der Waals surface area (Å²) in [6, 6.07) is 2.39. The van der Waals surface area contributed by atoms with Gasteiger partial charge in [-0.3, -0.25) is 4.21 Å². The van der Waals surface area contributed by atoms with Crippen molar-refractivity contribution in [3.05, 3.63) is 23.5 Å². The van der Waals surface area contributed by atoms with Gasteiger partial charge in [0.05, 0.1) is 17.8 Å². The molecule has 0 amide bonds. The Labute approximate surface area is 125 Å². The summed E-state index contributed by atoms with van der Waals surface area (Å²) < 4.78 is 47.9. The number of aliphatic hydroxyl groups excluding tert-OH is 1. The maximum atomic E-state index is 14.0. The van der Waals surface area contributed by atoms with Gasteiger partial charge in [0.25, 0.3) is 0 Å². The van der Waals surface area contributed by atoms with Gasteiger partial charge in [-0.25, -0.2) is 4.39 Å². The van der Waals surface area contributed by atoms with Gasteiger partial charge in [-0.15, -0.1) is 0 Å². The van der Waals surface area contributed by atoms with Crippen LogP contribution in [0.25, 0.3) is 0 Å². The van der Waals surface area contributed by atoms with E-state index in [-0.39, 0.29) is 15.9 Å². The molecule has 1 heterocycles. The molecule has 1 N–H and O–H groups in total. The molecule has 116 valence electrons. The molecule has 0 saturated carbocycles. The van der Waals surface area contributed by atoms with Crippen molar-refractivity contribution in [1.82, 2.24) is 0 Å². The number of aliphatic hydroxyl groups is 1. The van der Waals surface area contributed by atoms with Crippen LogP contribution in [0.3, 0.4) is 0 Å². The molecule has 1 aliphatic heterocycles. The van der Waals surface area contributed by atoms with Crippen molar-refractivity contribution in [2.45, 2.75) is 50.4 Å². The summed E-state index contributed by atoms with van der Waals surface area (Å²) >= 11 is -2.66. The normalized spacial score (nSPS) is 21.6. The summed E-state index contributed by atoms with van der Waals surface area (Å²) in [5.74, 6) is -0.802. The van der Waals surface area contributed by atoms with E-state index in [4.69, 9.17) is 14.4 Å². The molecule has 1 saturated heterocycles. The van der Waals surface area contributed by atoms with Gasteiger partial charge in [0, 0.05) is 10.5 Å². The van der Waals surface area contributed by atoms with Gasteiger partial charge >= 0.3 is 7.12 Å². The van der Waals surface area contributed by atoms with Crippen molar-refractivity contribution in [2.75, 3.05) is 0 Å². The Morgan fingerprint density at radius 1 is 1.29 bits per heavy atom. The molecule has 1 aromatic carbocycles. The first-order valence-electron chi connectivity index (χ1n) is 6.47. The maximum absolute atomic E-state index is 14.0. The zero-order valence-electron chi connectivity index (χ0n) is 12.3. The van der Waals surface area contributed by atoms with Gasteiger partial charge < -0.3 is 19.0 Å². The van der Waals surface area contributed by atoms with E-state index in [0.717, 1.165) is 6.07 Å². The molecule has 2 rings (SSSR count). The van der Waals surface area contributed by atoms with Crippen LogP contribution >= 0.6 is 0 Å². The first-order valence-corrected chi connectivity index (χ1v) is 7.54. The molecule has 1 aliphatic rings. The monoisotopic (exact) mass is 315 g/mol. The maximum Gasteiger partial charge on any atom is 0.494 e. The van der Waals surface area contributed by atoms with Crippen molar-refractivity contribution in [3.8, 4) is 0 Å². The highest BCUT2D eigenvalue weighted by Gasteiger charge is 2.51. The first kappa shape index (κ1) is 16.6. The molecule has 21 heavy (non-hydrogen) atoms. The number of halogens is 1. The van der Waals surface area contributed by atoms with Crippen LogP contribution in [0.1, 0.15) is 33.3 Å². The molecular formula is C13H17BFO5S-. The topological polar surface area (TPSA) is 78.8 Å². The lowest BCUT2D eigenvalue weighted by atomic mass is 9.78. The molecule has 0 aromatic heterocycles. The minimum atomic E-state index is -2.66. The van der Waals surface area contributed by atoms with E-state index < -0.39 is 41.8 Å². The van der Waals surface area contributed by atoms with E-state index in [9.17, 15) is 13.2 Å². The summed E-state index contributed by atoms with van der Waals surface area (Å²) in [4.78, 5) is -0.290. The van der Waals surface area contributed by atoms with E-state index in [0.29, 0.717) is 0 Å². The third kappa shape index (κ3) is 2.91. The Kier molecular flexibility index (Phi) is 4.29. The van der Waals surface area contributed by atoms with Crippen LogP contribution in [0.5, 0.6) is 0 Å². The first-order chi connectivity index (χ1) is 9.59. The Hall–Kier alpha value is -0.795. The number of hydrogen-bond donors (Lipinski definition) is 1. The van der Waals surface area contributed by atoms with Gasteiger partial charge in [-0.2, -0.15) is 0 Å². The summed E-state index contributed by atoms with van der Waals surface area (Å²) in [7, 11) is -0.862. The van der Waals surface area contributed by atoms with Gasteiger partial charge in [0.1, 0.15) is 5.82 Å². The molecule has 5 nitrogen and oxygen atoms in total. The minimum absolute atomic E-state index is 0.261. The molecule has 8 heteroatoms. The average Bonchev–Trinajstić information content (AvgIpc) is 2.57. The van der Waals surface area contributed by atoms with Crippen LogP contribution in [0.2, 0.25) is 0 Å². The Bertz CT molecular complexity index is 574. The van der Waals surface area contributed by atoms with E-state index in [1.807, 2.05) is 27.7 Å². The SMILES string of the molecule is CC1(C)OB(c2cc(F)c(CO)c(S(=O)[O-])c2)OC1(C)C. The fourth-order valence-corrected chi connectivity index (χ4v) is 2.64. The van der Waals surface area contributed by atoms with Gasteiger partial charge in [-0.05, 0) is 56.4 Å². The van der Waals surface area contributed by atoms with E-state index in [1.165, 1.54) is 6.07 Å². The van der Waals surface area contributed by atoms with Gasteiger partial charge in [0.2, 0.25) is 0 Å². The summed E-state index contributed by atoms with van der Waals surface area (Å²) in [5, 5.41) is 9.09. The smallest absolute Gasteiger partial charge is 0.494 e. The zero-order valence-corrected chi connectivity index (χ0v) is 13.1. The Balaban J connectivity index is 2.45. The van der Waals surface area contributed by atoms with Crippen molar-refractivity contribution in [3.63, 3.8) is 0 Å². The minimum Gasteiger partial charge on any atom is -0.768 e. The summed E-state index contributed by atoms with van der Waals surface area (Å²) in [6.45, 7) is 6.69. The van der Waals surface area contributed by atoms with Crippen LogP contribution in [0.15, 0.2) is 17.0 Å². The second-order valence-corrected chi connectivity index (χ2v) is 6.87. The summed E-state index contributed by atoms with van der Waals surface area (Å²) in [5.41, 5.74) is -1.22.